The molecule has 0 aliphatic carbocycles. The molecule has 0 N–H and O–H groups in total. The topological polar surface area (TPSA) is 72.7 Å². The minimum atomic E-state index is 0.114. The van der Waals surface area contributed by atoms with Crippen LogP contribution in [0.25, 0.3) is 5.69 Å². The molecule has 2 saturated heterocycles. The van der Waals surface area contributed by atoms with Gasteiger partial charge in [-0.05, 0) is 57.1 Å². The Hall–Kier alpha value is -2.10. The first kappa shape index (κ1) is 22.1. The van der Waals surface area contributed by atoms with Crippen LogP contribution in [0.5, 0.6) is 5.75 Å². The van der Waals surface area contributed by atoms with E-state index in [0.29, 0.717) is 32.1 Å². The molecule has 2 aliphatic rings. The number of carbonyl (C=O) groups excluding carboxylic acids is 1. The summed E-state index contributed by atoms with van der Waals surface area (Å²) in [5, 5.41) is 9.81. The van der Waals surface area contributed by atoms with E-state index < -0.39 is 0 Å². The van der Waals surface area contributed by atoms with Gasteiger partial charge in [0.25, 0.3) is 0 Å². The molecule has 9 heteroatoms. The van der Waals surface area contributed by atoms with Crippen LogP contribution < -0.4 is 4.74 Å². The predicted octanol–water partition coefficient (Wildman–Crippen LogP) is 2.77. The summed E-state index contributed by atoms with van der Waals surface area (Å²) in [6.45, 7) is 6.88. The summed E-state index contributed by atoms with van der Waals surface area (Å²) in [6.07, 6.45) is 3.73. The highest BCUT2D eigenvalue weighted by Crippen LogP contribution is 2.30. The number of likely N-dealkylation sites (tertiary alicyclic amines) is 1. The van der Waals surface area contributed by atoms with Crippen molar-refractivity contribution in [2.75, 3.05) is 52.3 Å². The fourth-order valence-corrected chi connectivity index (χ4v) is 4.98. The Labute approximate surface area is 187 Å². The van der Waals surface area contributed by atoms with Gasteiger partial charge in [0.15, 0.2) is 11.0 Å². The molecule has 0 saturated carbocycles. The van der Waals surface area contributed by atoms with Gasteiger partial charge in [-0.2, -0.15) is 0 Å². The van der Waals surface area contributed by atoms with Crippen LogP contribution in [0.1, 0.15) is 38.1 Å². The number of amides is 1. The molecule has 31 heavy (non-hydrogen) atoms. The number of ether oxygens (including phenoxy) is 2. The Balaban J connectivity index is 1.57. The van der Waals surface area contributed by atoms with E-state index in [0.717, 1.165) is 35.5 Å². The molecule has 1 aromatic carbocycles. The molecule has 3 heterocycles. The first-order valence-electron chi connectivity index (χ1n) is 11.0. The highest BCUT2D eigenvalue weighted by Gasteiger charge is 2.26. The summed E-state index contributed by atoms with van der Waals surface area (Å²) >= 11 is 1.45. The van der Waals surface area contributed by atoms with Gasteiger partial charge in [-0.25, -0.2) is 0 Å². The van der Waals surface area contributed by atoms with Crippen LogP contribution >= 0.6 is 11.8 Å². The van der Waals surface area contributed by atoms with Crippen LogP contribution in [0.3, 0.4) is 0 Å². The third-order valence-electron chi connectivity index (χ3n) is 5.99. The number of hydrogen-bond donors (Lipinski definition) is 0. The van der Waals surface area contributed by atoms with E-state index in [2.05, 4.69) is 26.6 Å². The van der Waals surface area contributed by atoms with Crippen molar-refractivity contribution in [1.29, 1.82) is 0 Å². The maximum absolute atomic E-state index is 12.7. The van der Waals surface area contributed by atoms with Crippen molar-refractivity contribution in [3.63, 3.8) is 0 Å². The van der Waals surface area contributed by atoms with Crippen molar-refractivity contribution in [3.8, 4) is 11.4 Å². The van der Waals surface area contributed by atoms with Gasteiger partial charge < -0.3 is 14.4 Å². The van der Waals surface area contributed by atoms with Crippen LogP contribution in [-0.2, 0) is 9.53 Å². The average molecular weight is 446 g/mol. The number of rotatable bonds is 7. The number of thioether (sulfide) groups is 1. The SMILES string of the molecule is COc1ccc(-n2c(SCC(=O)N3CCOCC3)nnc2[C@@H](C)N2CCCCC2)cc1. The van der Waals surface area contributed by atoms with E-state index in [4.69, 9.17) is 9.47 Å². The molecule has 1 aromatic heterocycles. The van der Waals surface area contributed by atoms with E-state index in [1.54, 1.807) is 7.11 Å². The first-order chi connectivity index (χ1) is 15.2. The van der Waals surface area contributed by atoms with Gasteiger partial charge >= 0.3 is 0 Å². The molecule has 2 aliphatic heterocycles. The summed E-state index contributed by atoms with van der Waals surface area (Å²) in [7, 11) is 1.66. The number of carbonyl (C=O) groups is 1. The molecule has 168 valence electrons. The summed E-state index contributed by atoms with van der Waals surface area (Å²) < 4.78 is 12.8. The minimum Gasteiger partial charge on any atom is -0.497 e. The number of methoxy groups -OCH3 is 1. The zero-order valence-electron chi connectivity index (χ0n) is 18.3. The van der Waals surface area contributed by atoms with Crippen molar-refractivity contribution < 1.29 is 14.3 Å². The number of hydrogen-bond acceptors (Lipinski definition) is 7. The largest absolute Gasteiger partial charge is 0.497 e. The standard InChI is InChI=1S/C22H31N5O3S/c1-17(25-10-4-3-5-11-25)21-23-24-22(27(21)18-6-8-19(29-2)9-7-18)31-16-20(28)26-12-14-30-15-13-26/h6-9,17H,3-5,10-16H2,1-2H3/t17-/m1/s1. The molecule has 0 radical (unpaired) electrons. The van der Waals surface area contributed by atoms with Crippen molar-refractivity contribution in [1.82, 2.24) is 24.6 Å². The summed E-state index contributed by atoms with van der Waals surface area (Å²) in [6, 6.07) is 8.07. The molecule has 2 fully saturated rings. The van der Waals surface area contributed by atoms with E-state index >= 15 is 0 Å². The summed E-state index contributed by atoms with van der Waals surface area (Å²) in [4.78, 5) is 17.0. The molecule has 0 spiro atoms. The highest BCUT2D eigenvalue weighted by atomic mass is 32.2. The monoisotopic (exact) mass is 445 g/mol. The average Bonchev–Trinajstić information content (AvgIpc) is 3.27. The molecule has 8 nitrogen and oxygen atoms in total. The van der Waals surface area contributed by atoms with Gasteiger partial charge in [-0.15, -0.1) is 10.2 Å². The Morgan fingerprint density at radius 2 is 1.81 bits per heavy atom. The molecule has 0 bridgehead atoms. The molecular formula is C22H31N5O3S. The summed E-state index contributed by atoms with van der Waals surface area (Å²) in [5.41, 5.74) is 0.978. The smallest absolute Gasteiger partial charge is 0.233 e. The zero-order valence-corrected chi connectivity index (χ0v) is 19.1. The molecule has 1 atom stereocenters. The van der Waals surface area contributed by atoms with Crippen LogP contribution in [0, 0.1) is 0 Å². The minimum absolute atomic E-state index is 0.114. The fourth-order valence-electron chi connectivity index (χ4n) is 4.12. The van der Waals surface area contributed by atoms with E-state index in [1.165, 1.54) is 31.0 Å². The molecule has 0 unspecified atom stereocenters. The Morgan fingerprint density at radius 3 is 2.48 bits per heavy atom. The van der Waals surface area contributed by atoms with E-state index in [-0.39, 0.29) is 11.9 Å². The lowest BCUT2D eigenvalue weighted by molar-refractivity contribution is -0.132. The van der Waals surface area contributed by atoms with Crippen molar-refractivity contribution >= 4 is 17.7 Å². The van der Waals surface area contributed by atoms with Crippen molar-refractivity contribution in [2.45, 2.75) is 37.4 Å². The van der Waals surface area contributed by atoms with Gasteiger partial charge in [-0.1, -0.05) is 18.2 Å². The van der Waals surface area contributed by atoms with Crippen LogP contribution in [0.4, 0.5) is 0 Å². The summed E-state index contributed by atoms with van der Waals surface area (Å²) in [5.74, 6) is 2.17. The quantitative estimate of drug-likeness (QED) is 0.607. The Morgan fingerprint density at radius 1 is 1.10 bits per heavy atom. The van der Waals surface area contributed by atoms with Crippen molar-refractivity contribution in [2.24, 2.45) is 0 Å². The fraction of sp³-hybridized carbons (Fsp3) is 0.591. The molecule has 2 aromatic rings. The van der Waals surface area contributed by atoms with Gasteiger partial charge in [0, 0.05) is 18.8 Å². The Bertz CT molecular complexity index is 861. The van der Waals surface area contributed by atoms with Gasteiger partial charge in [0.05, 0.1) is 32.1 Å². The second-order valence-electron chi connectivity index (χ2n) is 7.93. The van der Waals surface area contributed by atoms with E-state index in [1.807, 2.05) is 29.2 Å². The maximum atomic E-state index is 12.7. The normalized spacial score (nSPS) is 18.7. The van der Waals surface area contributed by atoms with Crippen LogP contribution in [0.15, 0.2) is 29.4 Å². The number of aromatic nitrogens is 3. The maximum Gasteiger partial charge on any atom is 0.233 e. The first-order valence-corrected chi connectivity index (χ1v) is 12.0. The van der Waals surface area contributed by atoms with Gasteiger partial charge in [0.1, 0.15) is 5.75 Å². The number of nitrogens with zero attached hydrogens (tertiary/aromatic N) is 5. The lowest BCUT2D eigenvalue weighted by Gasteiger charge is -2.32. The number of piperidine rings is 1. The number of morpholine rings is 1. The molecule has 1 amide bonds. The van der Waals surface area contributed by atoms with Crippen LogP contribution in [-0.4, -0.2) is 82.7 Å². The predicted molar refractivity (Wildman–Crippen MR) is 120 cm³/mol. The molecular weight excluding hydrogens is 414 g/mol. The Kier molecular flexibility index (Phi) is 7.47. The zero-order chi connectivity index (χ0) is 21.6. The second kappa shape index (κ2) is 10.5. The second-order valence-corrected chi connectivity index (χ2v) is 8.87. The highest BCUT2D eigenvalue weighted by molar-refractivity contribution is 7.99. The lowest BCUT2D eigenvalue weighted by atomic mass is 10.1. The third kappa shape index (κ3) is 5.22. The van der Waals surface area contributed by atoms with E-state index in [9.17, 15) is 4.79 Å². The number of benzene rings is 1. The lowest BCUT2D eigenvalue weighted by Crippen LogP contribution is -2.41. The third-order valence-corrected chi connectivity index (χ3v) is 6.90. The molecule has 4 rings (SSSR count). The van der Waals surface area contributed by atoms with Crippen LogP contribution in [0.2, 0.25) is 0 Å². The van der Waals surface area contributed by atoms with Gasteiger partial charge in [0.2, 0.25) is 5.91 Å². The van der Waals surface area contributed by atoms with Crippen molar-refractivity contribution in [3.05, 3.63) is 30.1 Å². The van der Waals surface area contributed by atoms with Gasteiger partial charge in [-0.3, -0.25) is 14.3 Å².